The van der Waals surface area contributed by atoms with Crippen molar-refractivity contribution >= 4 is 5.97 Å². The Hall–Kier alpha value is -0.610. The van der Waals surface area contributed by atoms with Gasteiger partial charge in [0.25, 0.3) is 0 Å². The van der Waals surface area contributed by atoms with E-state index >= 15 is 0 Å². The molecule has 0 spiro atoms. The molecule has 1 atom stereocenters. The van der Waals surface area contributed by atoms with E-state index in [4.69, 9.17) is 10.2 Å². The van der Waals surface area contributed by atoms with Crippen LogP contribution in [0.1, 0.15) is 12.8 Å². The van der Waals surface area contributed by atoms with Gasteiger partial charge < -0.3 is 15.1 Å². The van der Waals surface area contributed by atoms with Gasteiger partial charge in [-0.05, 0) is 38.9 Å². The second-order valence-electron chi connectivity index (χ2n) is 3.77. The van der Waals surface area contributed by atoms with Gasteiger partial charge in [-0.1, -0.05) is 0 Å². The van der Waals surface area contributed by atoms with Gasteiger partial charge in [0.15, 0.2) is 0 Å². The van der Waals surface area contributed by atoms with Crippen LogP contribution in [0, 0.1) is 11.8 Å². The Morgan fingerprint density at radius 2 is 2.08 bits per heavy atom. The highest BCUT2D eigenvalue weighted by Gasteiger charge is 2.29. The maximum Gasteiger partial charge on any atom is 0.309 e. The zero-order chi connectivity index (χ0) is 9.84. The van der Waals surface area contributed by atoms with Gasteiger partial charge in [0.2, 0.25) is 0 Å². The number of likely N-dealkylation sites (tertiary alicyclic amines) is 1. The van der Waals surface area contributed by atoms with E-state index in [9.17, 15) is 4.79 Å². The first-order chi connectivity index (χ1) is 6.15. The molecule has 0 saturated carbocycles. The summed E-state index contributed by atoms with van der Waals surface area (Å²) in [7, 11) is 2.03. The number of carbonyl (C=O) groups is 1. The SMILES string of the molecule is CN1CCC(C(CO)C(=O)O)CC1. The monoisotopic (exact) mass is 187 g/mol. The molecule has 1 aliphatic rings. The van der Waals surface area contributed by atoms with E-state index in [1.54, 1.807) is 0 Å². The van der Waals surface area contributed by atoms with Crippen molar-refractivity contribution in [2.75, 3.05) is 26.7 Å². The fourth-order valence-electron chi connectivity index (χ4n) is 1.86. The number of rotatable bonds is 3. The molecule has 0 amide bonds. The molecule has 1 heterocycles. The molecule has 1 fully saturated rings. The van der Waals surface area contributed by atoms with Crippen molar-refractivity contribution in [2.45, 2.75) is 12.8 Å². The number of aliphatic hydroxyl groups excluding tert-OH is 1. The molecular weight excluding hydrogens is 170 g/mol. The molecule has 0 aliphatic carbocycles. The summed E-state index contributed by atoms with van der Waals surface area (Å²) in [4.78, 5) is 12.9. The molecule has 0 radical (unpaired) electrons. The minimum atomic E-state index is -0.864. The number of hydrogen-bond acceptors (Lipinski definition) is 3. The van der Waals surface area contributed by atoms with Crippen molar-refractivity contribution in [1.29, 1.82) is 0 Å². The molecule has 4 nitrogen and oxygen atoms in total. The Morgan fingerprint density at radius 1 is 1.54 bits per heavy atom. The lowest BCUT2D eigenvalue weighted by Crippen LogP contribution is -2.37. The van der Waals surface area contributed by atoms with E-state index in [-0.39, 0.29) is 12.5 Å². The Labute approximate surface area is 78.2 Å². The molecule has 0 bridgehead atoms. The zero-order valence-corrected chi connectivity index (χ0v) is 7.94. The van der Waals surface area contributed by atoms with Crippen LogP contribution in [0.4, 0.5) is 0 Å². The Kier molecular flexibility index (Phi) is 3.69. The molecule has 0 aromatic rings. The highest BCUT2D eigenvalue weighted by molar-refractivity contribution is 5.70. The first kappa shape index (κ1) is 10.5. The number of aliphatic carboxylic acids is 1. The standard InChI is InChI=1S/C9H17NO3/c1-10-4-2-7(3-5-10)8(6-11)9(12)13/h7-8,11H,2-6H2,1H3,(H,12,13). The molecule has 0 aromatic carbocycles. The summed E-state index contributed by atoms with van der Waals surface area (Å²) in [5.41, 5.74) is 0. The quantitative estimate of drug-likeness (QED) is 0.654. The fraction of sp³-hybridized carbons (Fsp3) is 0.889. The molecule has 76 valence electrons. The van der Waals surface area contributed by atoms with Crippen LogP contribution < -0.4 is 0 Å². The summed E-state index contributed by atoms with van der Waals surface area (Å²) >= 11 is 0. The van der Waals surface area contributed by atoms with Gasteiger partial charge in [-0.3, -0.25) is 4.79 Å². The van der Waals surface area contributed by atoms with Crippen molar-refractivity contribution in [1.82, 2.24) is 4.90 Å². The average molecular weight is 187 g/mol. The van der Waals surface area contributed by atoms with E-state index < -0.39 is 11.9 Å². The van der Waals surface area contributed by atoms with E-state index in [0.717, 1.165) is 25.9 Å². The summed E-state index contributed by atoms with van der Waals surface area (Å²) in [6.45, 7) is 1.65. The number of carboxylic acids is 1. The summed E-state index contributed by atoms with van der Waals surface area (Å²) < 4.78 is 0. The van der Waals surface area contributed by atoms with Crippen molar-refractivity contribution in [2.24, 2.45) is 11.8 Å². The van der Waals surface area contributed by atoms with Crippen molar-refractivity contribution < 1.29 is 15.0 Å². The predicted octanol–water partition coefficient (Wildman–Crippen LogP) is 0.0213. The summed E-state index contributed by atoms with van der Waals surface area (Å²) in [6, 6.07) is 0. The van der Waals surface area contributed by atoms with Gasteiger partial charge >= 0.3 is 5.97 Å². The number of nitrogens with zero attached hydrogens (tertiary/aromatic N) is 1. The smallest absolute Gasteiger partial charge is 0.309 e. The minimum absolute atomic E-state index is 0.152. The highest BCUT2D eigenvalue weighted by Crippen LogP contribution is 2.24. The van der Waals surface area contributed by atoms with E-state index in [1.165, 1.54) is 0 Å². The van der Waals surface area contributed by atoms with Crippen LogP contribution >= 0.6 is 0 Å². The number of hydrogen-bond donors (Lipinski definition) is 2. The van der Waals surface area contributed by atoms with Gasteiger partial charge in [0.1, 0.15) is 0 Å². The third-order valence-corrected chi connectivity index (χ3v) is 2.85. The Morgan fingerprint density at radius 3 is 2.46 bits per heavy atom. The molecule has 0 aromatic heterocycles. The minimum Gasteiger partial charge on any atom is -0.481 e. The van der Waals surface area contributed by atoms with Crippen LogP contribution in [0.3, 0.4) is 0 Å². The van der Waals surface area contributed by atoms with Gasteiger partial charge in [-0.15, -0.1) is 0 Å². The van der Waals surface area contributed by atoms with E-state index in [2.05, 4.69) is 4.90 Å². The van der Waals surface area contributed by atoms with Crippen LogP contribution in [0.15, 0.2) is 0 Å². The van der Waals surface area contributed by atoms with Crippen molar-refractivity contribution in [3.63, 3.8) is 0 Å². The fourth-order valence-corrected chi connectivity index (χ4v) is 1.86. The lowest BCUT2D eigenvalue weighted by atomic mass is 9.85. The highest BCUT2D eigenvalue weighted by atomic mass is 16.4. The zero-order valence-electron chi connectivity index (χ0n) is 7.94. The molecule has 13 heavy (non-hydrogen) atoms. The Bertz CT molecular complexity index is 176. The third-order valence-electron chi connectivity index (χ3n) is 2.85. The number of aliphatic hydroxyl groups is 1. The van der Waals surface area contributed by atoms with Gasteiger partial charge in [0.05, 0.1) is 12.5 Å². The molecule has 1 unspecified atom stereocenters. The predicted molar refractivity (Wildman–Crippen MR) is 48.4 cm³/mol. The van der Waals surface area contributed by atoms with Crippen molar-refractivity contribution in [3.8, 4) is 0 Å². The van der Waals surface area contributed by atoms with E-state index in [0.29, 0.717) is 0 Å². The van der Waals surface area contributed by atoms with Gasteiger partial charge in [-0.25, -0.2) is 0 Å². The van der Waals surface area contributed by atoms with Gasteiger partial charge in [0, 0.05) is 0 Å². The largest absolute Gasteiger partial charge is 0.481 e. The number of piperidine rings is 1. The number of carboxylic acid groups (broad SMARTS) is 1. The topological polar surface area (TPSA) is 60.8 Å². The summed E-state index contributed by atoms with van der Waals surface area (Å²) in [5.74, 6) is -1.27. The molecule has 1 saturated heterocycles. The lowest BCUT2D eigenvalue weighted by Gasteiger charge is -2.31. The van der Waals surface area contributed by atoms with Crippen LogP contribution in [0.5, 0.6) is 0 Å². The molecular formula is C9H17NO3. The summed E-state index contributed by atoms with van der Waals surface area (Å²) in [5, 5.41) is 17.7. The van der Waals surface area contributed by atoms with Gasteiger partial charge in [-0.2, -0.15) is 0 Å². The molecule has 4 heteroatoms. The summed E-state index contributed by atoms with van der Waals surface area (Å²) in [6.07, 6.45) is 1.77. The van der Waals surface area contributed by atoms with Crippen LogP contribution in [-0.4, -0.2) is 47.8 Å². The maximum atomic E-state index is 10.7. The lowest BCUT2D eigenvalue weighted by molar-refractivity contribution is -0.146. The van der Waals surface area contributed by atoms with Crippen LogP contribution in [0.2, 0.25) is 0 Å². The first-order valence-electron chi connectivity index (χ1n) is 4.67. The second-order valence-corrected chi connectivity index (χ2v) is 3.77. The third kappa shape index (κ3) is 2.67. The van der Waals surface area contributed by atoms with Crippen molar-refractivity contribution in [3.05, 3.63) is 0 Å². The van der Waals surface area contributed by atoms with Crippen LogP contribution in [-0.2, 0) is 4.79 Å². The molecule has 1 aliphatic heterocycles. The Balaban J connectivity index is 2.46. The van der Waals surface area contributed by atoms with E-state index in [1.807, 2.05) is 7.05 Å². The van der Waals surface area contributed by atoms with Crippen LogP contribution in [0.25, 0.3) is 0 Å². The molecule has 1 rings (SSSR count). The second kappa shape index (κ2) is 4.58. The maximum absolute atomic E-state index is 10.7. The normalized spacial score (nSPS) is 22.9. The average Bonchev–Trinajstić information content (AvgIpc) is 2.09. The first-order valence-corrected chi connectivity index (χ1v) is 4.67. The molecule has 2 N–H and O–H groups in total.